The highest BCUT2D eigenvalue weighted by atomic mass is 32.2. The number of ketones is 1. The van der Waals surface area contributed by atoms with Gasteiger partial charge in [-0.25, -0.2) is 8.42 Å². The molecular weight excluding hydrogens is 372 g/mol. The van der Waals surface area contributed by atoms with Crippen LogP contribution in [0.3, 0.4) is 0 Å². The number of carbonyl (C=O) groups is 1. The lowest BCUT2D eigenvalue weighted by Gasteiger charge is -2.35. The second-order valence-electron chi connectivity index (χ2n) is 7.63. The van der Waals surface area contributed by atoms with Crippen LogP contribution in [0.15, 0.2) is 47.4 Å². The molecule has 0 spiro atoms. The van der Waals surface area contributed by atoms with Gasteiger partial charge in [-0.3, -0.25) is 4.79 Å². The summed E-state index contributed by atoms with van der Waals surface area (Å²) in [4.78, 5) is 14.0. The fourth-order valence-electron chi connectivity index (χ4n) is 4.11. The van der Waals surface area contributed by atoms with Gasteiger partial charge in [0.1, 0.15) is 0 Å². The highest BCUT2D eigenvalue weighted by Crippen LogP contribution is 2.27. The molecule has 0 aromatic heterocycles. The number of Topliss-reactive ketones (excluding diaryl/α,β-unsaturated/α-hetero) is 1. The molecule has 0 N–H and O–H groups in total. The van der Waals surface area contributed by atoms with E-state index in [1.165, 1.54) is 17.5 Å². The molecule has 5 nitrogen and oxygen atoms in total. The molecule has 1 aliphatic heterocycles. The van der Waals surface area contributed by atoms with Crippen LogP contribution in [0, 0.1) is 0 Å². The van der Waals surface area contributed by atoms with Crippen LogP contribution in [-0.4, -0.2) is 44.7 Å². The first-order chi connectivity index (χ1) is 13.4. The number of hydrogen-bond acceptors (Lipinski definition) is 4. The van der Waals surface area contributed by atoms with Crippen molar-refractivity contribution in [3.8, 4) is 0 Å². The van der Waals surface area contributed by atoms with Gasteiger partial charge in [0.2, 0.25) is 10.0 Å². The predicted octanol–water partition coefficient (Wildman–Crippen LogP) is 3.28. The van der Waals surface area contributed by atoms with Gasteiger partial charge in [0.25, 0.3) is 0 Å². The normalized spacial score (nSPS) is 18.0. The number of fused-ring (bicyclic) bond motifs is 1. The van der Waals surface area contributed by atoms with E-state index >= 15 is 0 Å². The van der Waals surface area contributed by atoms with Gasteiger partial charge >= 0.3 is 0 Å². The van der Waals surface area contributed by atoms with Crippen molar-refractivity contribution in [1.29, 1.82) is 0 Å². The number of piperazine rings is 1. The molecule has 2 aromatic rings. The van der Waals surface area contributed by atoms with E-state index < -0.39 is 10.0 Å². The zero-order valence-corrected chi connectivity index (χ0v) is 17.0. The molecule has 0 saturated carbocycles. The van der Waals surface area contributed by atoms with Gasteiger partial charge in [-0.05, 0) is 80.1 Å². The number of anilines is 1. The Morgan fingerprint density at radius 3 is 2.14 bits per heavy atom. The van der Waals surface area contributed by atoms with Crippen molar-refractivity contribution >= 4 is 21.5 Å². The summed E-state index contributed by atoms with van der Waals surface area (Å²) in [7, 11) is -3.46. The Bertz CT molecular complexity index is 975. The number of sulfonamides is 1. The van der Waals surface area contributed by atoms with Gasteiger partial charge in [0, 0.05) is 37.4 Å². The van der Waals surface area contributed by atoms with Crippen molar-refractivity contribution in [3.63, 3.8) is 0 Å². The summed E-state index contributed by atoms with van der Waals surface area (Å²) >= 11 is 0. The Morgan fingerprint density at radius 1 is 0.857 bits per heavy atom. The van der Waals surface area contributed by atoms with Crippen molar-refractivity contribution in [2.45, 2.75) is 37.5 Å². The lowest BCUT2D eigenvalue weighted by molar-refractivity contribution is 0.101. The summed E-state index contributed by atoms with van der Waals surface area (Å²) in [6.45, 7) is 3.77. The molecule has 0 unspecified atom stereocenters. The molecule has 0 bridgehead atoms. The quantitative estimate of drug-likeness (QED) is 0.742. The molecule has 1 aliphatic carbocycles. The van der Waals surface area contributed by atoms with E-state index in [1.54, 1.807) is 17.3 Å². The van der Waals surface area contributed by atoms with E-state index in [1.807, 2.05) is 36.4 Å². The van der Waals surface area contributed by atoms with Gasteiger partial charge < -0.3 is 4.90 Å². The fourth-order valence-corrected chi connectivity index (χ4v) is 5.59. The van der Waals surface area contributed by atoms with Crippen LogP contribution in [0.25, 0.3) is 0 Å². The van der Waals surface area contributed by atoms with E-state index in [4.69, 9.17) is 0 Å². The van der Waals surface area contributed by atoms with Gasteiger partial charge in [0.05, 0.1) is 4.90 Å². The Hall–Kier alpha value is -2.18. The van der Waals surface area contributed by atoms with E-state index in [9.17, 15) is 13.2 Å². The van der Waals surface area contributed by atoms with Crippen molar-refractivity contribution in [2.24, 2.45) is 0 Å². The van der Waals surface area contributed by atoms with E-state index in [0.29, 0.717) is 36.6 Å². The van der Waals surface area contributed by atoms with Gasteiger partial charge in [0.15, 0.2) is 5.78 Å². The first-order valence-electron chi connectivity index (χ1n) is 9.93. The maximum atomic E-state index is 13.1. The molecule has 2 aromatic carbocycles. The van der Waals surface area contributed by atoms with E-state index in [0.717, 1.165) is 24.9 Å². The van der Waals surface area contributed by atoms with Crippen LogP contribution >= 0.6 is 0 Å². The van der Waals surface area contributed by atoms with Crippen LogP contribution in [0.4, 0.5) is 5.69 Å². The predicted molar refractivity (Wildman–Crippen MR) is 111 cm³/mol. The molecule has 148 valence electrons. The summed E-state index contributed by atoms with van der Waals surface area (Å²) in [5.74, 6) is 0.0486. The first-order valence-corrected chi connectivity index (χ1v) is 11.4. The van der Waals surface area contributed by atoms with Crippen LogP contribution in [0.2, 0.25) is 0 Å². The van der Waals surface area contributed by atoms with Gasteiger partial charge in [-0.1, -0.05) is 6.07 Å². The SMILES string of the molecule is CC(=O)c1ccc(N2CCN(S(=O)(=O)c3ccc4c(c3)CCCC4)CC2)cc1. The Balaban J connectivity index is 1.46. The average molecular weight is 399 g/mol. The van der Waals surface area contributed by atoms with Crippen molar-refractivity contribution < 1.29 is 13.2 Å². The second kappa shape index (κ2) is 7.68. The maximum Gasteiger partial charge on any atom is 0.243 e. The minimum absolute atomic E-state index is 0.0486. The highest BCUT2D eigenvalue weighted by molar-refractivity contribution is 7.89. The van der Waals surface area contributed by atoms with Gasteiger partial charge in [-0.15, -0.1) is 0 Å². The van der Waals surface area contributed by atoms with Crippen molar-refractivity contribution in [1.82, 2.24) is 4.31 Å². The van der Waals surface area contributed by atoms with Crippen LogP contribution in [0.5, 0.6) is 0 Å². The fraction of sp³-hybridized carbons (Fsp3) is 0.409. The standard InChI is InChI=1S/C22H26N2O3S/c1-17(25)18-6-9-21(10-7-18)23-12-14-24(15-13-23)28(26,27)22-11-8-19-4-2-3-5-20(19)16-22/h6-11,16H,2-5,12-15H2,1H3. The molecule has 2 aliphatic rings. The molecule has 1 heterocycles. The lowest BCUT2D eigenvalue weighted by atomic mass is 9.92. The Kier molecular flexibility index (Phi) is 5.25. The monoisotopic (exact) mass is 398 g/mol. The molecule has 1 saturated heterocycles. The molecule has 0 amide bonds. The Labute approximate surface area is 167 Å². The molecule has 4 rings (SSSR count). The Morgan fingerprint density at radius 2 is 1.50 bits per heavy atom. The summed E-state index contributed by atoms with van der Waals surface area (Å²) in [6.07, 6.45) is 4.35. The second-order valence-corrected chi connectivity index (χ2v) is 9.57. The maximum absolute atomic E-state index is 13.1. The van der Waals surface area contributed by atoms with Gasteiger partial charge in [-0.2, -0.15) is 4.31 Å². The molecule has 1 fully saturated rings. The molecule has 0 radical (unpaired) electrons. The molecule has 6 heteroatoms. The number of hydrogen-bond donors (Lipinski definition) is 0. The van der Waals surface area contributed by atoms with Crippen LogP contribution in [-0.2, 0) is 22.9 Å². The number of benzene rings is 2. The van der Waals surface area contributed by atoms with Crippen LogP contribution in [0.1, 0.15) is 41.3 Å². The minimum atomic E-state index is -3.46. The summed E-state index contributed by atoms with van der Waals surface area (Å²) in [6, 6.07) is 13.2. The van der Waals surface area contributed by atoms with E-state index in [-0.39, 0.29) is 5.78 Å². The number of aryl methyl sites for hydroxylation is 2. The number of rotatable bonds is 4. The number of nitrogens with zero attached hydrogens (tertiary/aromatic N) is 2. The highest BCUT2D eigenvalue weighted by Gasteiger charge is 2.29. The average Bonchev–Trinajstić information content (AvgIpc) is 2.73. The summed E-state index contributed by atoms with van der Waals surface area (Å²) in [5, 5.41) is 0. The van der Waals surface area contributed by atoms with Crippen LogP contribution < -0.4 is 4.90 Å². The van der Waals surface area contributed by atoms with Crippen molar-refractivity contribution in [3.05, 3.63) is 59.2 Å². The molecule has 0 atom stereocenters. The lowest BCUT2D eigenvalue weighted by Crippen LogP contribution is -2.48. The third kappa shape index (κ3) is 3.71. The topological polar surface area (TPSA) is 57.7 Å². The molecule has 28 heavy (non-hydrogen) atoms. The summed E-state index contributed by atoms with van der Waals surface area (Å²) < 4.78 is 27.8. The minimum Gasteiger partial charge on any atom is -0.369 e. The smallest absolute Gasteiger partial charge is 0.243 e. The number of carbonyl (C=O) groups excluding carboxylic acids is 1. The van der Waals surface area contributed by atoms with E-state index in [2.05, 4.69) is 4.90 Å². The summed E-state index contributed by atoms with van der Waals surface area (Å²) in [5.41, 5.74) is 4.20. The largest absolute Gasteiger partial charge is 0.369 e. The third-order valence-electron chi connectivity index (χ3n) is 5.84. The first kappa shape index (κ1) is 19.2. The zero-order chi connectivity index (χ0) is 19.7. The molecular formula is C22H26N2O3S. The third-order valence-corrected chi connectivity index (χ3v) is 7.73. The zero-order valence-electron chi connectivity index (χ0n) is 16.2. The van der Waals surface area contributed by atoms with Crippen molar-refractivity contribution in [2.75, 3.05) is 31.1 Å².